The molecule has 21 heavy (non-hydrogen) atoms. The molecule has 1 atom stereocenters. The fourth-order valence-electron chi connectivity index (χ4n) is 2.16. The van der Waals surface area contributed by atoms with Crippen LogP contribution in [-0.2, 0) is 11.3 Å². The van der Waals surface area contributed by atoms with Gasteiger partial charge in [0.25, 0.3) is 0 Å². The Kier molecular flexibility index (Phi) is 10.8. The maximum Gasteiger partial charge on any atom is 0.0716 e. The molecule has 0 bridgehead atoms. The van der Waals surface area contributed by atoms with Crippen LogP contribution in [0.5, 0.6) is 0 Å². The zero-order valence-electron chi connectivity index (χ0n) is 13.3. The molecule has 118 valence electrons. The molecule has 0 amide bonds. The Hall–Kier alpha value is -1.12. The van der Waals surface area contributed by atoms with Crippen molar-refractivity contribution in [2.75, 3.05) is 6.61 Å². The Balaban J connectivity index is 1.96. The highest BCUT2D eigenvalue weighted by molar-refractivity contribution is 5.13. The third-order valence-electron chi connectivity index (χ3n) is 3.51. The summed E-state index contributed by atoms with van der Waals surface area (Å²) in [6.45, 7) is 3.47. The zero-order valence-corrected chi connectivity index (χ0v) is 13.3. The van der Waals surface area contributed by atoms with Crippen LogP contribution in [0.15, 0.2) is 42.5 Å². The third kappa shape index (κ3) is 10.3. The molecule has 2 heteroatoms. The van der Waals surface area contributed by atoms with Crippen molar-refractivity contribution in [3.8, 4) is 0 Å². The highest BCUT2D eigenvalue weighted by Gasteiger charge is 2.01. The van der Waals surface area contributed by atoms with Gasteiger partial charge < -0.3 is 9.84 Å². The molecule has 2 nitrogen and oxygen atoms in total. The molecule has 0 spiro atoms. The summed E-state index contributed by atoms with van der Waals surface area (Å²) in [5.74, 6) is 0. The number of allylic oxidation sites excluding steroid dienone is 1. The molecule has 1 N–H and O–H groups in total. The second-order valence-electron chi connectivity index (χ2n) is 5.54. The van der Waals surface area contributed by atoms with E-state index in [0.717, 1.165) is 12.8 Å². The van der Waals surface area contributed by atoms with E-state index in [4.69, 9.17) is 4.74 Å². The fraction of sp³-hybridized carbons (Fsp3) is 0.579. The number of unbranched alkanes of at least 4 members (excludes halogenated alkanes) is 4. The summed E-state index contributed by atoms with van der Waals surface area (Å²) in [7, 11) is 0. The molecule has 0 saturated carbocycles. The molecule has 0 heterocycles. The molecule has 1 aromatic rings. The first-order valence-corrected chi connectivity index (χ1v) is 8.27. The van der Waals surface area contributed by atoms with Crippen molar-refractivity contribution < 1.29 is 9.84 Å². The molecule has 0 aliphatic rings. The minimum Gasteiger partial charge on any atom is -0.393 e. The first-order valence-electron chi connectivity index (χ1n) is 8.27. The van der Waals surface area contributed by atoms with Crippen LogP contribution >= 0.6 is 0 Å². The predicted octanol–water partition coefficient (Wildman–Crippen LogP) is 4.87. The lowest BCUT2D eigenvalue weighted by molar-refractivity contribution is 0.0746. The Morgan fingerprint density at radius 2 is 1.90 bits per heavy atom. The van der Waals surface area contributed by atoms with Gasteiger partial charge >= 0.3 is 0 Å². The summed E-state index contributed by atoms with van der Waals surface area (Å²) in [4.78, 5) is 0. The van der Waals surface area contributed by atoms with Gasteiger partial charge in [-0.05, 0) is 31.2 Å². The van der Waals surface area contributed by atoms with Crippen LogP contribution < -0.4 is 0 Å². The van der Waals surface area contributed by atoms with Gasteiger partial charge in [0.05, 0.1) is 12.7 Å². The topological polar surface area (TPSA) is 29.5 Å². The second-order valence-corrected chi connectivity index (χ2v) is 5.54. The Morgan fingerprint density at radius 1 is 1.10 bits per heavy atom. The molecule has 1 rings (SSSR count). The summed E-state index contributed by atoms with van der Waals surface area (Å²) < 4.78 is 5.58. The third-order valence-corrected chi connectivity index (χ3v) is 3.51. The monoisotopic (exact) mass is 290 g/mol. The molecule has 0 aliphatic heterocycles. The largest absolute Gasteiger partial charge is 0.393 e. The van der Waals surface area contributed by atoms with Gasteiger partial charge in [0.1, 0.15) is 0 Å². The SMILES string of the molecule is CCCCCC/C=C\C[C@@H](O)CCOCc1ccccc1. The lowest BCUT2D eigenvalue weighted by atomic mass is 10.1. The quantitative estimate of drug-likeness (QED) is 0.439. The van der Waals surface area contributed by atoms with Crippen molar-refractivity contribution in [1.82, 2.24) is 0 Å². The summed E-state index contributed by atoms with van der Waals surface area (Å²) in [6, 6.07) is 10.1. The molecule has 0 fully saturated rings. The average molecular weight is 290 g/mol. The zero-order chi connectivity index (χ0) is 15.2. The van der Waals surface area contributed by atoms with Gasteiger partial charge in [-0.25, -0.2) is 0 Å². The summed E-state index contributed by atoms with van der Waals surface area (Å²) in [5.41, 5.74) is 1.18. The number of ether oxygens (including phenoxy) is 1. The lowest BCUT2D eigenvalue weighted by Crippen LogP contribution is -2.09. The van der Waals surface area contributed by atoms with Crippen molar-refractivity contribution in [3.05, 3.63) is 48.0 Å². The molecule has 0 aromatic heterocycles. The highest BCUT2D eigenvalue weighted by atomic mass is 16.5. The van der Waals surface area contributed by atoms with Crippen molar-refractivity contribution in [2.24, 2.45) is 0 Å². The van der Waals surface area contributed by atoms with Gasteiger partial charge in [-0.1, -0.05) is 68.7 Å². The van der Waals surface area contributed by atoms with Crippen LogP contribution in [0.3, 0.4) is 0 Å². The van der Waals surface area contributed by atoms with E-state index in [-0.39, 0.29) is 6.10 Å². The smallest absolute Gasteiger partial charge is 0.0716 e. The van der Waals surface area contributed by atoms with Crippen molar-refractivity contribution in [1.29, 1.82) is 0 Å². The Morgan fingerprint density at radius 3 is 2.67 bits per heavy atom. The molecule has 1 aromatic carbocycles. The van der Waals surface area contributed by atoms with Crippen LogP contribution in [-0.4, -0.2) is 17.8 Å². The first kappa shape index (κ1) is 17.9. The molecule has 0 aliphatic carbocycles. The number of rotatable bonds is 12. The lowest BCUT2D eigenvalue weighted by Gasteiger charge is -2.08. The Bertz CT molecular complexity index is 359. The van der Waals surface area contributed by atoms with Crippen LogP contribution in [0.2, 0.25) is 0 Å². The minimum atomic E-state index is -0.285. The summed E-state index contributed by atoms with van der Waals surface area (Å²) in [6.07, 6.45) is 11.8. The standard InChI is InChI=1S/C19H30O2/c1-2-3-4-5-6-7-11-14-19(20)15-16-21-17-18-12-9-8-10-13-18/h7-13,19-20H,2-6,14-17H2,1H3/b11-7-/t19-/m1/s1. The van der Waals surface area contributed by atoms with Crippen molar-refractivity contribution in [2.45, 2.75) is 64.6 Å². The van der Waals surface area contributed by atoms with Crippen LogP contribution in [0, 0.1) is 0 Å². The molecule has 0 radical (unpaired) electrons. The highest BCUT2D eigenvalue weighted by Crippen LogP contribution is 2.06. The van der Waals surface area contributed by atoms with Crippen LogP contribution in [0.25, 0.3) is 0 Å². The first-order chi connectivity index (χ1) is 10.3. The predicted molar refractivity (Wildman–Crippen MR) is 89.2 cm³/mol. The van der Waals surface area contributed by atoms with Crippen LogP contribution in [0.4, 0.5) is 0 Å². The molecular formula is C19H30O2. The van der Waals surface area contributed by atoms with E-state index in [0.29, 0.717) is 19.6 Å². The van der Waals surface area contributed by atoms with Gasteiger partial charge in [-0.2, -0.15) is 0 Å². The van der Waals surface area contributed by atoms with Crippen molar-refractivity contribution >= 4 is 0 Å². The van der Waals surface area contributed by atoms with Crippen molar-refractivity contribution in [3.63, 3.8) is 0 Å². The number of hydrogen-bond acceptors (Lipinski definition) is 2. The van der Waals surface area contributed by atoms with Gasteiger partial charge in [0, 0.05) is 6.61 Å². The van der Waals surface area contributed by atoms with E-state index in [1.807, 2.05) is 18.2 Å². The van der Waals surface area contributed by atoms with E-state index in [1.54, 1.807) is 0 Å². The Labute approximate surface area is 129 Å². The van der Waals surface area contributed by atoms with E-state index < -0.39 is 0 Å². The van der Waals surface area contributed by atoms with Gasteiger partial charge in [-0.15, -0.1) is 0 Å². The van der Waals surface area contributed by atoms with E-state index in [2.05, 4.69) is 31.2 Å². The number of benzene rings is 1. The van der Waals surface area contributed by atoms with E-state index in [9.17, 15) is 5.11 Å². The number of hydrogen-bond donors (Lipinski definition) is 1. The molecule has 0 unspecified atom stereocenters. The average Bonchev–Trinajstić information content (AvgIpc) is 2.52. The maximum absolute atomic E-state index is 9.86. The van der Waals surface area contributed by atoms with Gasteiger partial charge in [0.2, 0.25) is 0 Å². The van der Waals surface area contributed by atoms with Crippen LogP contribution in [0.1, 0.15) is 57.4 Å². The van der Waals surface area contributed by atoms with E-state index in [1.165, 1.54) is 31.2 Å². The second kappa shape index (κ2) is 12.6. The van der Waals surface area contributed by atoms with Gasteiger partial charge in [0.15, 0.2) is 0 Å². The number of aliphatic hydroxyl groups excluding tert-OH is 1. The summed E-state index contributed by atoms with van der Waals surface area (Å²) >= 11 is 0. The normalized spacial score (nSPS) is 12.9. The van der Waals surface area contributed by atoms with Gasteiger partial charge in [-0.3, -0.25) is 0 Å². The fourth-order valence-corrected chi connectivity index (χ4v) is 2.16. The maximum atomic E-state index is 9.86. The molecular weight excluding hydrogens is 260 g/mol. The minimum absolute atomic E-state index is 0.285. The summed E-state index contributed by atoms with van der Waals surface area (Å²) in [5, 5.41) is 9.86. The molecule has 0 saturated heterocycles. The van der Waals surface area contributed by atoms with E-state index >= 15 is 0 Å². The number of aliphatic hydroxyl groups is 1.